The molecule has 21 heavy (non-hydrogen) atoms. The molecule has 0 bridgehead atoms. The zero-order chi connectivity index (χ0) is 15.8. The fourth-order valence-corrected chi connectivity index (χ4v) is 1.63. The SMILES string of the molecule is CCC(=CCOc1cc([N+](=O)[O-])ccc1OC)C(=O)OC. The van der Waals surface area contributed by atoms with Crippen LogP contribution in [0.5, 0.6) is 11.5 Å². The molecule has 7 nitrogen and oxygen atoms in total. The summed E-state index contributed by atoms with van der Waals surface area (Å²) in [5.41, 5.74) is 0.375. The minimum absolute atomic E-state index is 0.0792. The molecule has 0 spiro atoms. The summed E-state index contributed by atoms with van der Waals surface area (Å²) in [6.07, 6.45) is 2.08. The van der Waals surface area contributed by atoms with Gasteiger partial charge in [-0.2, -0.15) is 0 Å². The molecule has 0 saturated carbocycles. The molecule has 1 rings (SSSR count). The molecule has 0 aliphatic rings. The molecule has 114 valence electrons. The van der Waals surface area contributed by atoms with Gasteiger partial charge in [-0.15, -0.1) is 0 Å². The molecule has 0 fully saturated rings. The average Bonchev–Trinajstić information content (AvgIpc) is 2.50. The minimum atomic E-state index is -0.520. The van der Waals surface area contributed by atoms with E-state index in [1.807, 2.05) is 6.92 Å². The van der Waals surface area contributed by atoms with Crippen LogP contribution >= 0.6 is 0 Å². The van der Waals surface area contributed by atoms with Crippen molar-refractivity contribution in [1.82, 2.24) is 0 Å². The second kappa shape index (κ2) is 7.88. The Balaban J connectivity index is 2.87. The Bertz CT molecular complexity index is 552. The van der Waals surface area contributed by atoms with Gasteiger partial charge in [0.2, 0.25) is 0 Å². The highest BCUT2D eigenvalue weighted by Crippen LogP contribution is 2.31. The van der Waals surface area contributed by atoms with Crippen molar-refractivity contribution in [3.05, 3.63) is 40.0 Å². The van der Waals surface area contributed by atoms with Gasteiger partial charge in [-0.3, -0.25) is 10.1 Å². The number of carbonyl (C=O) groups excluding carboxylic acids is 1. The van der Waals surface area contributed by atoms with Crippen LogP contribution in [0.2, 0.25) is 0 Å². The molecule has 0 heterocycles. The van der Waals surface area contributed by atoms with E-state index in [0.717, 1.165) is 0 Å². The number of non-ortho nitro benzene ring substituents is 1. The number of hydrogen-bond acceptors (Lipinski definition) is 6. The van der Waals surface area contributed by atoms with Crippen molar-refractivity contribution in [1.29, 1.82) is 0 Å². The Morgan fingerprint density at radius 1 is 1.33 bits per heavy atom. The van der Waals surface area contributed by atoms with Crippen LogP contribution < -0.4 is 9.47 Å². The molecule has 0 amide bonds. The molecule has 1 aromatic rings. The van der Waals surface area contributed by atoms with Gasteiger partial charge in [-0.1, -0.05) is 6.92 Å². The van der Waals surface area contributed by atoms with Crippen LogP contribution in [-0.4, -0.2) is 31.7 Å². The number of rotatable bonds is 7. The molecule has 0 N–H and O–H groups in total. The van der Waals surface area contributed by atoms with Crippen molar-refractivity contribution in [2.75, 3.05) is 20.8 Å². The van der Waals surface area contributed by atoms with E-state index in [2.05, 4.69) is 4.74 Å². The fourth-order valence-electron chi connectivity index (χ4n) is 1.63. The summed E-state index contributed by atoms with van der Waals surface area (Å²) < 4.78 is 15.1. The van der Waals surface area contributed by atoms with Crippen LogP contribution in [-0.2, 0) is 9.53 Å². The highest BCUT2D eigenvalue weighted by atomic mass is 16.6. The molecule has 0 aliphatic heterocycles. The second-order valence-corrected chi connectivity index (χ2v) is 3.98. The summed E-state index contributed by atoms with van der Waals surface area (Å²) in [6, 6.07) is 4.06. The first-order valence-corrected chi connectivity index (χ1v) is 6.26. The summed E-state index contributed by atoms with van der Waals surface area (Å²) in [4.78, 5) is 21.6. The van der Waals surface area contributed by atoms with Crippen molar-refractivity contribution in [2.45, 2.75) is 13.3 Å². The van der Waals surface area contributed by atoms with Gasteiger partial charge in [-0.25, -0.2) is 4.79 Å². The first-order chi connectivity index (χ1) is 10.0. The van der Waals surface area contributed by atoms with E-state index < -0.39 is 10.9 Å². The summed E-state index contributed by atoms with van der Waals surface area (Å²) in [5.74, 6) is 0.195. The van der Waals surface area contributed by atoms with Gasteiger partial charge in [0.1, 0.15) is 6.61 Å². The third kappa shape index (κ3) is 4.48. The maximum atomic E-state index is 11.4. The van der Waals surface area contributed by atoms with Crippen LogP contribution in [0.25, 0.3) is 0 Å². The minimum Gasteiger partial charge on any atom is -0.493 e. The smallest absolute Gasteiger partial charge is 0.333 e. The second-order valence-electron chi connectivity index (χ2n) is 3.98. The van der Waals surface area contributed by atoms with E-state index in [1.54, 1.807) is 6.08 Å². The maximum Gasteiger partial charge on any atom is 0.333 e. The van der Waals surface area contributed by atoms with Gasteiger partial charge in [0, 0.05) is 11.6 Å². The molecular weight excluding hydrogens is 278 g/mol. The third-order valence-electron chi connectivity index (χ3n) is 2.76. The van der Waals surface area contributed by atoms with Crippen molar-refractivity contribution >= 4 is 11.7 Å². The number of nitrogens with zero attached hydrogens (tertiary/aromatic N) is 1. The number of ether oxygens (including phenoxy) is 3. The number of nitro groups is 1. The van der Waals surface area contributed by atoms with E-state index in [0.29, 0.717) is 17.7 Å². The molecule has 1 aromatic carbocycles. The highest BCUT2D eigenvalue weighted by molar-refractivity contribution is 5.88. The summed E-state index contributed by atoms with van der Waals surface area (Å²) >= 11 is 0. The van der Waals surface area contributed by atoms with Crippen LogP contribution in [0.3, 0.4) is 0 Å². The van der Waals surface area contributed by atoms with Gasteiger partial charge in [0.15, 0.2) is 11.5 Å². The number of nitro benzene ring substituents is 1. The highest BCUT2D eigenvalue weighted by Gasteiger charge is 2.12. The van der Waals surface area contributed by atoms with Crippen molar-refractivity contribution < 1.29 is 23.9 Å². The topological polar surface area (TPSA) is 87.9 Å². The molecule has 0 unspecified atom stereocenters. The first-order valence-electron chi connectivity index (χ1n) is 6.26. The summed E-state index contributed by atoms with van der Waals surface area (Å²) in [5, 5.41) is 10.7. The zero-order valence-electron chi connectivity index (χ0n) is 12.1. The lowest BCUT2D eigenvalue weighted by atomic mass is 10.2. The van der Waals surface area contributed by atoms with Crippen LogP contribution in [0.1, 0.15) is 13.3 Å². The van der Waals surface area contributed by atoms with Gasteiger partial charge >= 0.3 is 5.97 Å². The Labute approximate surface area is 122 Å². The van der Waals surface area contributed by atoms with Crippen LogP contribution in [0.15, 0.2) is 29.8 Å². The van der Waals surface area contributed by atoms with Crippen molar-refractivity contribution in [2.24, 2.45) is 0 Å². The van der Waals surface area contributed by atoms with E-state index in [4.69, 9.17) is 9.47 Å². The number of carbonyl (C=O) groups is 1. The number of benzene rings is 1. The van der Waals surface area contributed by atoms with E-state index in [9.17, 15) is 14.9 Å². The zero-order valence-corrected chi connectivity index (χ0v) is 12.1. The number of esters is 1. The lowest BCUT2D eigenvalue weighted by Crippen LogP contribution is -2.06. The predicted octanol–water partition coefficient (Wildman–Crippen LogP) is 2.49. The Morgan fingerprint density at radius 2 is 2.05 bits per heavy atom. The molecular formula is C14H17NO6. The molecule has 0 saturated heterocycles. The molecule has 0 atom stereocenters. The molecule has 0 radical (unpaired) electrons. The van der Waals surface area contributed by atoms with E-state index >= 15 is 0 Å². The number of methoxy groups -OCH3 is 2. The summed E-state index contributed by atoms with van der Waals surface area (Å²) in [7, 11) is 2.74. The lowest BCUT2D eigenvalue weighted by molar-refractivity contribution is -0.385. The largest absolute Gasteiger partial charge is 0.493 e. The fraction of sp³-hybridized carbons (Fsp3) is 0.357. The monoisotopic (exact) mass is 295 g/mol. The van der Waals surface area contributed by atoms with Crippen LogP contribution in [0.4, 0.5) is 5.69 Å². The van der Waals surface area contributed by atoms with Crippen molar-refractivity contribution in [3.63, 3.8) is 0 Å². The molecule has 0 aliphatic carbocycles. The van der Waals surface area contributed by atoms with Crippen molar-refractivity contribution in [3.8, 4) is 11.5 Å². The summed E-state index contributed by atoms with van der Waals surface area (Å²) in [6.45, 7) is 1.90. The van der Waals surface area contributed by atoms with E-state index in [1.165, 1.54) is 32.4 Å². The standard InChI is InChI=1S/C14H17NO6/c1-4-10(14(16)20-3)7-8-21-13-9-11(15(17)18)5-6-12(13)19-2/h5-7,9H,4,8H2,1-3H3. The van der Waals surface area contributed by atoms with Crippen LogP contribution in [0, 0.1) is 10.1 Å². The Hall–Kier alpha value is -2.57. The van der Waals surface area contributed by atoms with Gasteiger partial charge < -0.3 is 14.2 Å². The van der Waals surface area contributed by atoms with Gasteiger partial charge in [-0.05, 0) is 18.6 Å². The average molecular weight is 295 g/mol. The molecule has 0 aromatic heterocycles. The normalized spacial score (nSPS) is 10.9. The van der Waals surface area contributed by atoms with E-state index in [-0.39, 0.29) is 18.0 Å². The Kier molecular flexibility index (Phi) is 6.19. The molecule has 7 heteroatoms. The first kappa shape index (κ1) is 16.5. The predicted molar refractivity (Wildman–Crippen MR) is 75.5 cm³/mol. The lowest BCUT2D eigenvalue weighted by Gasteiger charge is -2.09. The van der Waals surface area contributed by atoms with Gasteiger partial charge in [0.05, 0.1) is 25.2 Å². The third-order valence-corrected chi connectivity index (χ3v) is 2.76. The maximum absolute atomic E-state index is 11.4. The van der Waals surface area contributed by atoms with Gasteiger partial charge in [0.25, 0.3) is 5.69 Å². The Morgan fingerprint density at radius 3 is 2.57 bits per heavy atom. The quantitative estimate of drug-likeness (QED) is 0.332. The number of hydrogen-bond donors (Lipinski definition) is 0.